The highest BCUT2D eigenvalue weighted by molar-refractivity contribution is 5.98. The lowest BCUT2D eigenvalue weighted by Crippen LogP contribution is -2.52. The fourth-order valence-corrected chi connectivity index (χ4v) is 5.98. The molecule has 0 aromatic heterocycles. The zero-order valence-corrected chi connectivity index (χ0v) is 21.4. The number of nitrogens with zero attached hydrogens (tertiary/aromatic N) is 1. The Kier molecular flexibility index (Phi) is 7.89. The van der Waals surface area contributed by atoms with E-state index < -0.39 is 11.9 Å². The molecular weight excluding hydrogens is 471 g/mol. The van der Waals surface area contributed by atoms with Crippen LogP contribution in [0.3, 0.4) is 0 Å². The first-order valence-electron chi connectivity index (χ1n) is 13.4. The quantitative estimate of drug-likeness (QED) is 0.433. The van der Waals surface area contributed by atoms with E-state index in [0.29, 0.717) is 11.3 Å². The normalized spacial score (nSPS) is 21.1. The highest BCUT2D eigenvalue weighted by Crippen LogP contribution is 2.40. The molecular formula is C30H35FN2O4. The number of amides is 1. The van der Waals surface area contributed by atoms with Crippen molar-refractivity contribution >= 4 is 11.9 Å². The van der Waals surface area contributed by atoms with Gasteiger partial charge in [0.25, 0.3) is 5.91 Å². The van der Waals surface area contributed by atoms with Crippen LogP contribution < -0.4 is 10.1 Å². The molecule has 5 rings (SSSR count). The topological polar surface area (TPSA) is 67.9 Å². The summed E-state index contributed by atoms with van der Waals surface area (Å²) >= 11 is 0. The number of hydrogen-bond acceptors (Lipinski definition) is 5. The third kappa shape index (κ3) is 5.57. The monoisotopic (exact) mass is 506 g/mol. The van der Waals surface area contributed by atoms with Crippen LogP contribution in [0.25, 0.3) is 0 Å². The van der Waals surface area contributed by atoms with Crippen molar-refractivity contribution < 1.29 is 23.5 Å². The molecule has 1 fully saturated rings. The van der Waals surface area contributed by atoms with E-state index in [1.807, 2.05) is 23.1 Å². The maximum atomic E-state index is 14.7. The predicted molar refractivity (Wildman–Crippen MR) is 138 cm³/mol. The number of carbonyl (C=O) groups excluding carboxylic acids is 2. The minimum atomic E-state index is -0.485. The smallest absolute Gasteiger partial charge is 0.307 e. The molecule has 2 atom stereocenters. The highest BCUT2D eigenvalue weighted by atomic mass is 19.1. The molecule has 0 bridgehead atoms. The molecule has 1 N–H and O–H groups in total. The molecule has 7 heteroatoms. The number of ether oxygens (including phenoxy) is 2. The van der Waals surface area contributed by atoms with Gasteiger partial charge in [0.15, 0.2) is 11.6 Å². The van der Waals surface area contributed by atoms with Gasteiger partial charge in [0.1, 0.15) is 11.9 Å². The largest absolute Gasteiger partial charge is 0.469 e. The Balaban J connectivity index is 1.47. The van der Waals surface area contributed by atoms with Crippen molar-refractivity contribution in [3.63, 3.8) is 0 Å². The lowest BCUT2D eigenvalue weighted by molar-refractivity contribution is -0.141. The van der Waals surface area contributed by atoms with Gasteiger partial charge in [0.2, 0.25) is 0 Å². The van der Waals surface area contributed by atoms with E-state index in [1.165, 1.54) is 19.6 Å². The van der Waals surface area contributed by atoms with Crippen LogP contribution in [0.1, 0.15) is 75.8 Å². The molecule has 37 heavy (non-hydrogen) atoms. The first-order valence-corrected chi connectivity index (χ1v) is 13.4. The fraction of sp³-hybridized carbons (Fsp3) is 0.467. The van der Waals surface area contributed by atoms with Crippen molar-refractivity contribution in [3.8, 4) is 11.5 Å². The maximum absolute atomic E-state index is 14.7. The summed E-state index contributed by atoms with van der Waals surface area (Å²) in [5.41, 5.74) is 2.80. The fourth-order valence-electron chi connectivity index (χ4n) is 5.98. The van der Waals surface area contributed by atoms with Crippen molar-refractivity contribution in [1.29, 1.82) is 0 Å². The Hall–Kier alpha value is -3.19. The second-order valence-corrected chi connectivity index (χ2v) is 10.2. The Bertz CT molecular complexity index is 1160. The molecule has 1 aliphatic heterocycles. The number of rotatable bonds is 8. The van der Waals surface area contributed by atoms with E-state index in [-0.39, 0.29) is 36.3 Å². The lowest BCUT2D eigenvalue weighted by Gasteiger charge is -2.39. The number of methoxy groups -OCH3 is 1. The summed E-state index contributed by atoms with van der Waals surface area (Å²) in [6, 6.07) is 13.4. The number of hydrogen-bond donors (Lipinski definition) is 1. The van der Waals surface area contributed by atoms with E-state index in [1.54, 1.807) is 24.3 Å². The number of para-hydroxylation sites is 1. The second-order valence-electron chi connectivity index (χ2n) is 10.2. The molecule has 3 aliphatic rings. The number of esters is 1. The first-order chi connectivity index (χ1) is 18.0. The molecule has 1 amide bonds. The number of carbonyl (C=O) groups is 2. The van der Waals surface area contributed by atoms with Crippen LogP contribution in [0.5, 0.6) is 11.5 Å². The van der Waals surface area contributed by atoms with E-state index in [0.717, 1.165) is 62.5 Å². The van der Waals surface area contributed by atoms with Gasteiger partial charge in [-0.1, -0.05) is 43.5 Å². The average molecular weight is 507 g/mol. The SMILES string of the molecule is COC(=O)CC(NC1C2=C(CCCC2)C(=O)N1C1CCCCC1)c1ccc(F)c(Oc2ccccc2)c1. The van der Waals surface area contributed by atoms with Gasteiger partial charge < -0.3 is 14.4 Å². The van der Waals surface area contributed by atoms with Gasteiger partial charge in [0.05, 0.1) is 13.5 Å². The summed E-state index contributed by atoms with van der Waals surface area (Å²) in [5, 5.41) is 3.65. The maximum Gasteiger partial charge on any atom is 0.307 e. The van der Waals surface area contributed by atoms with E-state index >= 15 is 0 Å². The van der Waals surface area contributed by atoms with E-state index in [2.05, 4.69) is 5.32 Å². The zero-order chi connectivity index (χ0) is 25.8. The number of benzene rings is 2. The molecule has 2 aliphatic carbocycles. The van der Waals surface area contributed by atoms with Gasteiger partial charge in [-0.2, -0.15) is 0 Å². The zero-order valence-electron chi connectivity index (χ0n) is 21.4. The highest BCUT2D eigenvalue weighted by Gasteiger charge is 2.44. The van der Waals surface area contributed by atoms with Crippen molar-refractivity contribution in [2.75, 3.05) is 7.11 Å². The van der Waals surface area contributed by atoms with Gasteiger partial charge in [-0.15, -0.1) is 0 Å². The van der Waals surface area contributed by atoms with Crippen molar-refractivity contribution in [1.82, 2.24) is 10.2 Å². The van der Waals surface area contributed by atoms with Gasteiger partial charge >= 0.3 is 5.97 Å². The van der Waals surface area contributed by atoms with Gasteiger partial charge in [-0.3, -0.25) is 14.9 Å². The van der Waals surface area contributed by atoms with Gasteiger partial charge in [-0.05, 0) is 73.9 Å². The molecule has 1 heterocycles. The minimum Gasteiger partial charge on any atom is -0.469 e. The molecule has 2 unspecified atom stereocenters. The predicted octanol–water partition coefficient (Wildman–Crippen LogP) is 6.18. The van der Waals surface area contributed by atoms with Crippen LogP contribution in [-0.2, 0) is 14.3 Å². The molecule has 2 aromatic carbocycles. The second kappa shape index (κ2) is 11.5. The minimum absolute atomic E-state index is 0.0543. The molecule has 0 saturated heterocycles. The van der Waals surface area contributed by atoms with Crippen molar-refractivity contribution in [2.45, 2.75) is 82.5 Å². The first kappa shape index (κ1) is 25.5. The number of nitrogens with one attached hydrogen (secondary N) is 1. The standard InChI is InChI=1S/C30H35FN2O4/c1-36-28(34)19-26(20-16-17-25(31)27(18-20)37-22-12-6-3-7-13-22)32-29-23-14-8-9-15-24(23)30(35)33(29)21-10-4-2-5-11-21/h3,6-7,12-13,16-18,21,26,29,32H,2,4-5,8-11,14-15,19H2,1H3. The molecule has 2 aromatic rings. The van der Waals surface area contributed by atoms with Crippen molar-refractivity contribution in [3.05, 3.63) is 71.1 Å². The van der Waals surface area contributed by atoms with Crippen LogP contribution in [0.4, 0.5) is 4.39 Å². The Morgan fingerprint density at radius 3 is 2.57 bits per heavy atom. The lowest BCUT2D eigenvalue weighted by atomic mass is 9.91. The average Bonchev–Trinajstić information content (AvgIpc) is 3.21. The van der Waals surface area contributed by atoms with Crippen LogP contribution in [0, 0.1) is 5.82 Å². The molecule has 1 saturated carbocycles. The van der Waals surface area contributed by atoms with Crippen LogP contribution in [0.2, 0.25) is 0 Å². The summed E-state index contributed by atoms with van der Waals surface area (Å²) in [7, 11) is 1.36. The summed E-state index contributed by atoms with van der Waals surface area (Å²) in [4.78, 5) is 28.1. The summed E-state index contributed by atoms with van der Waals surface area (Å²) in [6.07, 6.45) is 8.98. The van der Waals surface area contributed by atoms with Crippen LogP contribution in [0.15, 0.2) is 59.7 Å². The Morgan fingerprint density at radius 2 is 1.81 bits per heavy atom. The summed E-state index contributed by atoms with van der Waals surface area (Å²) in [5.74, 6) is -0.106. The number of halogens is 1. The van der Waals surface area contributed by atoms with Crippen LogP contribution >= 0.6 is 0 Å². The Labute approximate surface area is 217 Å². The van der Waals surface area contributed by atoms with E-state index in [9.17, 15) is 14.0 Å². The molecule has 6 nitrogen and oxygen atoms in total. The molecule has 0 radical (unpaired) electrons. The van der Waals surface area contributed by atoms with Gasteiger partial charge in [-0.25, -0.2) is 4.39 Å². The van der Waals surface area contributed by atoms with Crippen molar-refractivity contribution in [2.24, 2.45) is 0 Å². The third-order valence-electron chi connectivity index (χ3n) is 7.87. The van der Waals surface area contributed by atoms with Crippen LogP contribution in [-0.4, -0.2) is 36.1 Å². The molecule has 196 valence electrons. The summed E-state index contributed by atoms with van der Waals surface area (Å²) < 4.78 is 25.6. The summed E-state index contributed by atoms with van der Waals surface area (Å²) in [6.45, 7) is 0. The van der Waals surface area contributed by atoms with Gasteiger partial charge in [0, 0.05) is 17.7 Å². The molecule has 0 spiro atoms. The third-order valence-corrected chi connectivity index (χ3v) is 7.87. The van der Waals surface area contributed by atoms with E-state index in [4.69, 9.17) is 9.47 Å². The Morgan fingerprint density at radius 1 is 1.05 bits per heavy atom.